The summed E-state index contributed by atoms with van der Waals surface area (Å²) in [5.74, 6) is -2.24. The van der Waals surface area contributed by atoms with Crippen molar-refractivity contribution in [2.75, 3.05) is 19.8 Å². The van der Waals surface area contributed by atoms with Crippen LogP contribution in [0.4, 0.5) is 0 Å². The summed E-state index contributed by atoms with van der Waals surface area (Å²) in [7, 11) is 0. The molecular formula is C23H24O8. The third-order valence-electron chi connectivity index (χ3n) is 3.91. The van der Waals surface area contributed by atoms with Crippen molar-refractivity contribution in [1.29, 1.82) is 0 Å². The summed E-state index contributed by atoms with van der Waals surface area (Å²) >= 11 is 0. The van der Waals surface area contributed by atoms with E-state index in [9.17, 15) is 19.2 Å². The van der Waals surface area contributed by atoms with Gasteiger partial charge in [-0.2, -0.15) is 0 Å². The average Bonchev–Trinajstić information content (AvgIpc) is 2.74. The molecule has 2 aliphatic rings. The zero-order valence-electron chi connectivity index (χ0n) is 17.5. The van der Waals surface area contributed by atoms with Gasteiger partial charge in [0, 0.05) is 0 Å². The first-order chi connectivity index (χ1) is 14.6. The van der Waals surface area contributed by atoms with Crippen LogP contribution in [0.1, 0.15) is 62.2 Å². The van der Waals surface area contributed by atoms with Crippen molar-refractivity contribution in [3.63, 3.8) is 0 Å². The van der Waals surface area contributed by atoms with Crippen molar-refractivity contribution in [3.05, 3.63) is 70.8 Å². The smallest absolute Gasteiger partial charge is 0.338 e. The third kappa shape index (κ3) is 7.58. The molecule has 2 aromatic rings. The van der Waals surface area contributed by atoms with Gasteiger partial charge in [-0.15, -0.1) is 0 Å². The van der Waals surface area contributed by atoms with E-state index in [2.05, 4.69) is 0 Å². The van der Waals surface area contributed by atoms with Gasteiger partial charge in [-0.1, -0.05) is 20.8 Å². The van der Waals surface area contributed by atoms with Crippen LogP contribution in [0, 0.1) is 5.41 Å². The molecule has 2 heterocycles. The van der Waals surface area contributed by atoms with Gasteiger partial charge in [0.1, 0.15) is 13.2 Å². The fourth-order valence-electron chi connectivity index (χ4n) is 2.29. The molecule has 4 rings (SSSR count). The van der Waals surface area contributed by atoms with Crippen LogP contribution >= 0.6 is 0 Å². The number of aromatic carboxylic acids is 1. The predicted octanol–water partition coefficient (Wildman–Crippen LogP) is 3.60. The largest absolute Gasteiger partial charge is 0.478 e. The number of carboxylic acids is 1. The molecule has 0 aliphatic carbocycles. The van der Waals surface area contributed by atoms with Crippen LogP contribution in [0.5, 0.6) is 0 Å². The molecule has 164 valence electrons. The van der Waals surface area contributed by atoms with Gasteiger partial charge in [0.25, 0.3) is 0 Å². The van der Waals surface area contributed by atoms with E-state index in [0.29, 0.717) is 23.3 Å². The topological polar surface area (TPSA) is 116 Å². The number of carboxylic acid groups (broad SMARTS) is 1. The van der Waals surface area contributed by atoms with Crippen molar-refractivity contribution in [3.8, 4) is 0 Å². The van der Waals surface area contributed by atoms with Gasteiger partial charge in [0.2, 0.25) is 0 Å². The summed E-state index contributed by atoms with van der Waals surface area (Å²) in [5.41, 5.74) is 1.32. The second kappa shape index (κ2) is 10.4. The minimum Gasteiger partial charge on any atom is -0.478 e. The molecule has 0 fully saturated rings. The van der Waals surface area contributed by atoms with E-state index in [1.165, 1.54) is 24.3 Å². The molecule has 0 unspecified atom stereocenters. The van der Waals surface area contributed by atoms with Gasteiger partial charge in [0.15, 0.2) is 0 Å². The lowest BCUT2D eigenvalue weighted by Gasteiger charge is -2.17. The van der Waals surface area contributed by atoms with Crippen molar-refractivity contribution < 1.29 is 38.5 Å². The molecule has 2 aromatic carbocycles. The molecule has 2 aliphatic heterocycles. The Morgan fingerprint density at radius 2 is 1.26 bits per heavy atom. The molecule has 0 spiro atoms. The van der Waals surface area contributed by atoms with E-state index in [1.807, 2.05) is 20.8 Å². The SMILES string of the molecule is CC(C)(C)COC(=O)c1ccc(C(=O)O)cc1.O=C1OCCOC(=O)c2ccc1cc2. The van der Waals surface area contributed by atoms with Crippen molar-refractivity contribution in [1.82, 2.24) is 0 Å². The van der Waals surface area contributed by atoms with Crippen molar-refractivity contribution in [2.24, 2.45) is 5.41 Å². The fraction of sp³-hybridized carbons (Fsp3) is 0.304. The van der Waals surface area contributed by atoms with E-state index >= 15 is 0 Å². The molecule has 0 saturated carbocycles. The minimum absolute atomic E-state index is 0.0866. The molecule has 0 saturated heterocycles. The van der Waals surface area contributed by atoms with E-state index in [1.54, 1.807) is 24.3 Å². The lowest BCUT2D eigenvalue weighted by atomic mass is 9.99. The lowest BCUT2D eigenvalue weighted by Crippen LogP contribution is -2.18. The van der Waals surface area contributed by atoms with Crippen LogP contribution in [-0.4, -0.2) is 48.8 Å². The number of carbonyl (C=O) groups excluding carboxylic acids is 3. The molecule has 1 N–H and O–H groups in total. The van der Waals surface area contributed by atoms with Crippen molar-refractivity contribution in [2.45, 2.75) is 20.8 Å². The van der Waals surface area contributed by atoms with E-state index in [4.69, 9.17) is 19.3 Å². The molecule has 8 heteroatoms. The van der Waals surface area contributed by atoms with E-state index in [-0.39, 0.29) is 24.2 Å². The maximum Gasteiger partial charge on any atom is 0.338 e. The molecule has 0 atom stereocenters. The Balaban J connectivity index is 0.000000224. The first kappa shape index (κ1) is 23.6. The Morgan fingerprint density at radius 3 is 1.65 bits per heavy atom. The number of carbonyl (C=O) groups is 4. The highest BCUT2D eigenvalue weighted by atomic mass is 16.6. The summed E-state index contributed by atoms with van der Waals surface area (Å²) in [5, 5.41) is 8.71. The van der Waals surface area contributed by atoms with Gasteiger partial charge in [0.05, 0.1) is 28.9 Å². The molecule has 31 heavy (non-hydrogen) atoms. The molecule has 0 aromatic heterocycles. The van der Waals surface area contributed by atoms with Gasteiger partial charge < -0.3 is 19.3 Å². The maximum atomic E-state index is 11.6. The van der Waals surface area contributed by atoms with E-state index in [0.717, 1.165) is 0 Å². The fourth-order valence-corrected chi connectivity index (χ4v) is 2.29. The minimum atomic E-state index is -1.01. The van der Waals surface area contributed by atoms with Gasteiger partial charge in [-0.05, 0) is 53.9 Å². The number of rotatable bonds is 3. The van der Waals surface area contributed by atoms with Crippen LogP contribution in [0.25, 0.3) is 0 Å². The van der Waals surface area contributed by atoms with Crippen LogP contribution < -0.4 is 0 Å². The zero-order chi connectivity index (χ0) is 23.0. The summed E-state index contributed by atoms with van der Waals surface area (Å²) in [6.07, 6.45) is 0. The van der Waals surface area contributed by atoms with Crippen molar-refractivity contribution >= 4 is 23.9 Å². The number of esters is 3. The summed E-state index contributed by atoms with van der Waals surface area (Å²) in [4.78, 5) is 44.7. The van der Waals surface area contributed by atoms with Gasteiger partial charge in [-0.25, -0.2) is 19.2 Å². The Kier molecular flexibility index (Phi) is 7.90. The molecule has 0 amide bonds. The quantitative estimate of drug-likeness (QED) is 0.582. The van der Waals surface area contributed by atoms with Crippen LogP contribution in [-0.2, 0) is 14.2 Å². The predicted molar refractivity (Wildman–Crippen MR) is 110 cm³/mol. The summed E-state index contributed by atoms with van der Waals surface area (Å²) < 4.78 is 14.8. The second-order valence-corrected chi connectivity index (χ2v) is 7.87. The number of ether oxygens (including phenoxy) is 3. The summed E-state index contributed by atoms with van der Waals surface area (Å²) in [6, 6.07) is 11.9. The highest BCUT2D eigenvalue weighted by Gasteiger charge is 2.15. The Hall–Kier alpha value is -3.68. The van der Waals surface area contributed by atoms with Gasteiger partial charge in [-0.3, -0.25) is 0 Å². The standard InChI is InChI=1S/C13H16O4.C10H8O4/c1-13(2,3)8-17-12(16)10-6-4-9(5-7-10)11(14)15;11-9-7-1-2-8(4-3-7)10(12)14-6-5-13-9/h4-7H,8H2,1-3H3,(H,14,15);1-4H,5-6H2. The van der Waals surface area contributed by atoms with Crippen LogP contribution in [0.2, 0.25) is 0 Å². The Bertz CT molecular complexity index is 900. The summed E-state index contributed by atoms with van der Waals surface area (Å²) in [6.45, 7) is 6.42. The highest BCUT2D eigenvalue weighted by molar-refractivity contribution is 5.94. The first-order valence-electron chi connectivity index (χ1n) is 9.51. The number of fused-ring (bicyclic) bond motifs is 7. The Labute approximate surface area is 179 Å². The van der Waals surface area contributed by atoms with E-state index < -0.39 is 23.9 Å². The molecule has 8 nitrogen and oxygen atoms in total. The number of benzene rings is 2. The Morgan fingerprint density at radius 1 is 0.839 bits per heavy atom. The first-order valence-corrected chi connectivity index (χ1v) is 9.51. The van der Waals surface area contributed by atoms with Gasteiger partial charge >= 0.3 is 23.9 Å². The third-order valence-corrected chi connectivity index (χ3v) is 3.91. The maximum absolute atomic E-state index is 11.6. The second-order valence-electron chi connectivity index (χ2n) is 7.87. The monoisotopic (exact) mass is 428 g/mol. The number of hydrogen-bond acceptors (Lipinski definition) is 7. The molecule has 0 radical (unpaired) electrons. The van der Waals surface area contributed by atoms with Crippen LogP contribution in [0.3, 0.4) is 0 Å². The normalized spacial score (nSPS) is 13.3. The molecular weight excluding hydrogens is 404 g/mol. The lowest BCUT2D eigenvalue weighted by molar-refractivity contribution is 0.0260. The molecule has 2 bridgehead atoms. The number of hydrogen-bond donors (Lipinski definition) is 1. The average molecular weight is 428 g/mol. The van der Waals surface area contributed by atoms with Crippen LogP contribution in [0.15, 0.2) is 48.5 Å². The highest BCUT2D eigenvalue weighted by Crippen LogP contribution is 2.15. The zero-order valence-corrected chi connectivity index (χ0v) is 17.5.